The van der Waals surface area contributed by atoms with Crippen LogP contribution >= 0.6 is 7.82 Å². The first-order chi connectivity index (χ1) is 38.9. The van der Waals surface area contributed by atoms with Crippen molar-refractivity contribution in [2.45, 2.75) is 335 Å². The molecule has 9 nitrogen and oxygen atoms in total. The van der Waals surface area contributed by atoms with Crippen LogP contribution in [0.25, 0.3) is 0 Å². The number of phosphoric acid groups is 1. The highest BCUT2D eigenvalue weighted by Crippen LogP contribution is 2.43. The van der Waals surface area contributed by atoms with E-state index in [2.05, 4.69) is 74.7 Å². The molecule has 80 heavy (non-hydrogen) atoms. The summed E-state index contributed by atoms with van der Waals surface area (Å²) in [5, 5.41) is 3.03. The lowest BCUT2D eigenvalue weighted by atomic mass is 10.0. The first kappa shape index (κ1) is 77.7. The second-order valence-electron chi connectivity index (χ2n) is 24.4. The summed E-state index contributed by atoms with van der Waals surface area (Å²) in [6.45, 7) is 6.98. The molecular weight excluding hydrogens is 1010 g/mol. The number of allylic oxidation sites excluding steroid dienone is 9. The summed E-state index contributed by atoms with van der Waals surface area (Å²) in [5.74, 6) is -0.559. The summed E-state index contributed by atoms with van der Waals surface area (Å²) >= 11 is 0. The van der Waals surface area contributed by atoms with Crippen molar-refractivity contribution in [3.05, 3.63) is 60.8 Å². The van der Waals surface area contributed by atoms with Gasteiger partial charge in [-0.3, -0.25) is 18.6 Å². The summed E-state index contributed by atoms with van der Waals surface area (Å²) < 4.78 is 30.7. The van der Waals surface area contributed by atoms with Crippen LogP contribution in [0.3, 0.4) is 0 Å². The van der Waals surface area contributed by atoms with Gasteiger partial charge in [0.25, 0.3) is 0 Å². The van der Waals surface area contributed by atoms with Crippen molar-refractivity contribution >= 4 is 19.7 Å². The van der Waals surface area contributed by atoms with Crippen LogP contribution in [0.1, 0.15) is 323 Å². The molecule has 0 radical (unpaired) electrons. The number of nitrogens with zero attached hydrogens (tertiary/aromatic N) is 1. The smallest absolute Gasteiger partial charge is 0.456 e. The van der Waals surface area contributed by atoms with E-state index in [0.29, 0.717) is 17.4 Å². The van der Waals surface area contributed by atoms with Gasteiger partial charge in [-0.1, -0.05) is 300 Å². The standard InChI is InChI=1S/C70H131N2O7P/c1-7-10-13-16-19-22-25-28-30-32-33-34-35-36-37-38-39-41-43-45-48-51-54-57-60-63-70(74)79-68(61-58-55-52-49-46-27-24-21-18-15-12-9-3)67(66-78-80(75,76)77-65-64-72(4,5)6)71-69(73)62-59-56-53-50-47-44-42-40-31-29-26-23-20-17-14-11-8-2/h20,23,29,31,42,44,50,53,58,61,67-68H,7-19,21-22,24-28,30,32-41,43,45-49,51-52,54-57,59-60,62-66H2,1-6H3,(H-,71,73,75,76)/p+1/b23-20-,31-29-,44-42-,53-50-,61-58-. The van der Waals surface area contributed by atoms with E-state index < -0.39 is 20.0 Å². The fourth-order valence-corrected chi connectivity index (χ4v) is 10.7. The summed E-state index contributed by atoms with van der Waals surface area (Å²) in [6, 6.07) is -0.876. The maximum Gasteiger partial charge on any atom is 0.472 e. The zero-order chi connectivity index (χ0) is 58.6. The lowest BCUT2D eigenvalue weighted by Crippen LogP contribution is -2.47. The number of hydrogen-bond donors (Lipinski definition) is 2. The molecule has 3 unspecified atom stereocenters. The van der Waals surface area contributed by atoms with E-state index in [9.17, 15) is 19.0 Å². The number of unbranched alkanes of at least 4 members (excludes halogenated alkanes) is 38. The number of rotatable bonds is 62. The summed E-state index contributed by atoms with van der Waals surface area (Å²) in [5.41, 5.74) is 0. The second kappa shape index (κ2) is 59.9. The number of ether oxygens (including phenoxy) is 1. The van der Waals surface area contributed by atoms with Crippen LogP contribution in [0.5, 0.6) is 0 Å². The van der Waals surface area contributed by atoms with Gasteiger partial charge in [0.05, 0.1) is 33.8 Å². The average molecular weight is 1140 g/mol. The zero-order valence-electron chi connectivity index (χ0n) is 53.6. The van der Waals surface area contributed by atoms with Crippen molar-refractivity contribution in [1.29, 1.82) is 0 Å². The predicted molar refractivity (Wildman–Crippen MR) is 346 cm³/mol. The normalized spacial score (nSPS) is 13.9. The van der Waals surface area contributed by atoms with Crippen LogP contribution < -0.4 is 5.32 Å². The molecule has 0 saturated heterocycles. The van der Waals surface area contributed by atoms with Gasteiger partial charge in [0.1, 0.15) is 19.3 Å². The van der Waals surface area contributed by atoms with Gasteiger partial charge in [0, 0.05) is 12.8 Å². The van der Waals surface area contributed by atoms with Crippen LogP contribution in [-0.4, -0.2) is 74.3 Å². The van der Waals surface area contributed by atoms with E-state index in [4.69, 9.17) is 13.8 Å². The van der Waals surface area contributed by atoms with Gasteiger partial charge in [-0.25, -0.2) is 4.57 Å². The van der Waals surface area contributed by atoms with Crippen molar-refractivity contribution in [2.24, 2.45) is 0 Å². The van der Waals surface area contributed by atoms with E-state index in [1.54, 1.807) is 0 Å². The molecule has 0 fully saturated rings. The lowest BCUT2D eigenvalue weighted by Gasteiger charge is -2.27. The van der Waals surface area contributed by atoms with Gasteiger partial charge in [-0.2, -0.15) is 0 Å². The Morgan fingerprint density at radius 2 is 0.775 bits per heavy atom. The Labute approximate surface area is 496 Å². The largest absolute Gasteiger partial charge is 0.472 e. The molecule has 2 N–H and O–H groups in total. The molecule has 0 bridgehead atoms. The van der Waals surface area contributed by atoms with Crippen LogP contribution in [0.4, 0.5) is 0 Å². The fraction of sp³-hybridized carbons (Fsp3) is 0.829. The third-order valence-electron chi connectivity index (χ3n) is 15.2. The second-order valence-corrected chi connectivity index (χ2v) is 25.8. The number of likely N-dealkylation sites (N-methyl/N-ethyl adjacent to an activating group) is 1. The summed E-state index contributed by atoms with van der Waals surface area (Å²) in [4.78, 5) is 37.8. The van der Waals surface area contributed by atoms with E-state index in [1.165, 1.54) is 218 Å². The number of hydrogen-bond acceptors (Lipinski definition) is 6. The number of nitrogens with one attached hydrogen (secondary N) is 1. The van der Waals surface area contributed by atoms with Gasteiger partial charge < -0.3 is 19.4 Å². The van der Waals surface area contributed by atoms with Crippen molar-refractivity contribution in [3.8, 4) is 0 Å². The van der Waals surface area contributed by atoms with Crippen LogP contribution in [0, 0.1) is 0 Å². The molecule has 0 aliphatic heterocycles. The minimum Gasteiger partial charge on any atom is -0.456 e. The summed E-state index contributed by atoms with van der Waals surface area (Å²) in [7, 11) is 1.47. The number of carbonyl (C=O) groups excluding carboxylic acids is 2. The molecule has 0 saturated carbocycles. The number of amides is 1. The molecule has 0 aromatic carbocycles. The molecule has 0 aromatic rings. The maximum atomic E-state index is 13.5. The molecule has 3 atom stereocenters. The number of quaternary nitrogens is 1. The molecule has 0 rings (SSSR count). The Kier molecular flexibility index (Phi) is 58.1. The topological polar surface area (TPSA) is 111 Å². The van der Waals surface area contributed by atoms with E-state index >= 15 is 0 Å². The van der Waals surface area contributed by atoms with Crippen molar-refractivity contribution in [2.75, 3.05) is 40.9 Å². The molecule has 10 heteroatoms. The van der Waals surface area contributed by atoms with Gasteiger partial charge in [0.2, 0.25) is 5.91 Å². The van der Waals surface area contributed by atoms with E-state index in [0.717, 1.165) is 64.2 Å². The highest BCUT2D eigenvalue weighted by atomic mass is 31.2. The lowest BCUT2D eigenvalue weighted by molar-refractivity contribution is -0.870. The predicted octanol–water partition coefficient (Wildman–Crippen LogP) is 21.4. The number of phosphoric ester groups is 1. The Bertz CT molecular complexity index is 1550. The first-order valence-corrected chi connectivity index (χ1v) is 35.6. The van der Waals surface area contributed by atoms with Crippen molar-refractivity contribution < 1.29 is 37.3 Å². The highest BCUT2D eigenvalue weighted by Gasteiger charge is 2.30. The molecule has 0 heterocycles. The Balaban J connectivity index is 5.12. The molecule has 0 aromatic heterocycles. The van der Waals surface area contributed by atoms with Gasteiger partial charge in [0.15, 0.2) is 0 Å². The minimum atomic E-state index is -4.47. The molecule has 0 aliphatic rings. The van der Waals surface area contributed by atoms with Crippen molar-refractivity contribution in [3.63, 3.8) is 0 Å². The van der Waals surface area contributed by atoms with Crippen molar-refractivity contribution in [1.82, 2.24) is 5.32 Å². The number of esters is 1. The fourth-order valence-electron chi connectivity index (χ4n) is 9.94. The number of carbonyl (C=O) groups is 2. The third-order valence-corrected chi connectivity index (χ3v) is 16.2. The molecular formula is C70H132N2O7P+. The van der Waals surface area contributed by atoms with Gasteiger partial charge >= 0.3 is 13.8 Å². The maximum absolute atomic E-state index is 13.5. The highest BCUT2D eigenvalue weighted by molar-refractivity contribution is 7.47. The van der Waals surface area contributed by atoms with Crippen LogP contribution in [0.2, 0.25) is 0 Å². The SMILES string of the molecule is CCCCC/C=C\C/C=C\C/C=C\C/C=C\CCCC(=O)NC(COP(=O)(O)OCC[N+](C)(C)C)C(/C=C\CCCCCCCCCCCC)OC(=O)CCCCCCCCCCCCCCCCCCCCCCCCCCC. The Morgan fingerprint density at radius 3 is 1.19 bits per heavy atom. The third kappa shape index (κ3) is 60.3. The van der Waals surface area contributed by atoms with Gasteiger partial charge in [-0.05, 0) is 70.3 Å². The van der Waals surface area contributed by atoms with Crippen LogP contribution in [0.15, 0.2) is 60.8 Å². The Morgan fingerprint density at radius 1 is 0.438 bits per heavy atom. The zero-order valence-corrected chi connectivity index (χ0v) is 54.5. The van der Waals surface area contributed by atoms with E-state index in [-0.39, 0.29) is 37.9 Å². The molecule has 0 aliphatic carbocycles. The average Bonchev–Trinajstić information content (AvgIpc) is 3.42. The minimum absolute atomic E-state index is 0.0303. The molecule has 1 amide bonds. The quantitative estimate of drug-likeness (QED) is 0.0205. The van der Waals surface area contributed by atoms with Crippen LogP contribution in [-0.2, 0) is 27.9 Å². The summed E-state index contributed by atoms with van der Waals surface area (Å²) in [6.07, 6.45) is 76.8. The first-order valence-electron chi connectivity index (χ1n) is 34.1. The Hall–Kier alpha value is -2.29. The molecule has 0 spiro atoms. The monoisotopic (exact) mass is 1140 g/mol. The molecule has 468 valence electrons. The van der Waals surface area contributed by atoms with Gasteiger partial charge in [-0.15, -0.1) is 0 Å². The van der Waals surface area contributed by atoms with E-state index in [1.807, 2.05) is 33.3 Å².